The Hall–Kier alpha value is -2.69. The zero-order valence-electron chi connectivity index (χ0n) is 13.0. The summed E-state index contributed by atoms with van der Waals surface area (Å²) in [6.45, 7) is 0. The fraction of sp³-hybridized carbons (Fsp3) is 0.235. The van der Waals surface area contributed by atoms with Crippen molar-refractivity contribution in [3.8, 4) is 23.0 Å². The summed E-state index contributed by atoms with van der Waals surface area (Å²) < 4.78 is 20.9. The van der Waals surface area contributed by atoms with Gasteiger partial charge in [0.25, 0.3) is 0 Å². The molecule has 0 aliphatic carbocycles. The van der Waals surface area contributed by atoms with Gasteiger partial charge in [-0.2, -0.15) is 0 Å². The number of carbonyl (C=O) groups excluding carboxylic acids is 1. The van der Waals surface area contributed by atoms with Crippen molar-refractivity contribution < 1.29 is 23.7 Å². The topological polar surface area (TPSA) is 54.0 Å². The van der Waals surface area contributed by atoms with E-state index in [2.05, 4.69) is 0 Å². The average Bonchev–Trinajstić information content (AvgIpc) is 2.59. The molecule has 2 aromatic carbocycles. The number of carbonyl (C=O) groups is 1. The van der Waals surface area contributed by atoms with Crippen LogP contribution in [0.1, 0.15) is 15.9 Å². The lowest BCUT2D eigenvalue weighted by atomic mass is 10.0. The van der Waals surface area contributed by atoms with E-state index in [4.69, 9.17) is 18.9 Å². The predicted octanol–water partition coefficient (Wildman–Crippen LogP) is 2.95. The van der Waals surface area contributed by atoms with Crippen LogP contribution in [0.2, 0.25) is 0 Å². The van der Waals surface area contributed by atoms with Crippen molar-refractivity contribution in [3.05, 3.63) is 47.5 Å². The number of benzene rings is 2. The highest BCUT2D eigenvalue weighted by atomic mass is 16.5. The molecule has 116 valence electrons. The summed E-state index contributed by atoms with van der Waals surface area (Å²) in [7, 11) is 6.11. The molecule has 0 radical (unpaired) electrons. The zero-order valence-corrected chi connectivity index (χ0v) is 13.0. The molecule has 0 spiro atoms. The highest BCUT2D eigenvalue weighted by molar-refractivity contribution is 6.12. The minimum atomic E-state index is -0.195. The van der Waals surface area contributed by atoms with Crippen LogP contribution in [0.3, 0.4) is 0 Å². The number of hydrogen-bond donors (Lipinski definition) is 0. The van der Waals surface area contributed by atoms with Gasteiger partial charge in [0.15, 0.2) is 0 Å². The summed E-state index contributed by atoms with van der Waals surface area (Å²) in [5.41, 5.74) is 0.874. The Balaban J connectivity index is 2.51. The Bertz CT molecular complexity index is 636. The van der Waals surface area contributed by atoms with Crippen LogP contribution in [0.25, 0.3) is 0 Å². The Labute approximate surface area is 129 Å². The van der Waals surface area contributed by atoms with Crippen LogP contribution >= 0.6 is 0 Å². The van der Waals surface area contributed by atoms with Gasteiger partial charge in [0.2, 0.25) is 5.78 Å². The predicted molar refractivity (Wildman–Crippen MR) is 82.5 cm³/mol. The van der Waals surface area contributed by atoms with Crippen LogP contribution in [0.5, 0.6) is 23.0 Å². The van der Waals surface area contributed by atoms with Crippen molar-refractivity contribution in [2.45, 2.75) is 0 Å². The van der Waals surface area contributed by atoms with Crippen LogP contribution < -0.4 is 18.9 Å². The fourth-order valence-electron chi connectivity index (χ4n) is 2.12. The fourth-order valence-corrected chi connectivity index (χ4v) is 2.12. The Morgan fingerprint density at radius 3 is 1.64 bits per heavy atom. The maximum atomic E-state index is 12.8. The maximum Gasteiger partial charge on any atom is 0.200 e. The summed E-state index contributed by atoms with van der Waals surface area (Å²) in [5, 5.41) is 0. The monoisotopic (exact) mass is 302 g/mol. The highest BCUT2D eigenvalue weighted by Gasteiger charge is 2.21. The van der Waals surface area contributed by atoms with Gasteiger partial charge in [-0.25, -0.2) is 0 Å². The summed E-state index contributed by atoms with van der Waals surface area (Å²) in [6.07, 6.45) is 0. The third-order valence-electron chi connectivity index (χ3n) is 3.29. The molecule has 2 rings (SSSR count). The molecule has 0 saturated carbocycles. The first-order valence-corrected chi connectivity index (χ1v) is 6.63. The second-order valence-electron chi connectivity index (χ2n) is 4.46. The summed E-state index contributed by atoms with van der Waals surface area (Å²) in [5.74, 6) is 1.85. The first-order valence-electron chi connectivity index (χ1n) is 6.63. The quantitative estimate of drug-likeness (QED) is 0.768. The summed E-state index contributed by atoms with van der Waals surface area (Å²) >= 11 is 0. The molecule has 0 N–H and O–H groups in total. The molecule has 0 heterocycles. The van der Waals surface area contributed by atoms with Gasteiger partial charge in [0, 0.05) is 17.7 Å². The van der Waals surface area contributed by atoms with Gasteiger partial charge in [-0.15, -0.1) is 0 Å². The van der Waals surface area contributed by atoms with Gasteiger partial charge in [0.05, 0.1) is 28.4 Å². The van der Waals surface area contributed by atoms with E-state index in [1.807, 2.05) is 0 Å². The van der Waals surface area contributed by atoms with Gasteiger partial charge >= 0.3 is 0 Å². The van der Waals surface area contributed by atoms with Gasteiger partial charge < -0.3 is 18.9 Å². The minimum Gasteiger partial charge on any atom is -0.497 e. The lowest BCUT2D eigenvalue weighted by Gasteiger charge is -2.14. The number of ketones is 1. The standard InChI is InChI=1S/C17H18O5/c1-19-12-7-5-11(6-8-12)17(18)16-14(21-3)9-13(20-2)10-15(16)22-4/h5-10H,1-4H3. The molecule has 0 amide bonds. The van der Waals surface area contributed by atoms with Gasteiger partial charge in [0.1, 0.15) is 28.6 Å². The van der Waals surface area contributed by atoms with E-state index in [0.29, 0.717) is 34.1 Å². The first-order chi connectivity index (χ1) is 10.6. The molecule has 0 unspecified atom stereocenters. The van der Waals surface area contributed by atoms with Crippen molar-refractivity contribution in [2.75, 3.05) is 28.4 Å². The van der Waals surface area contributed by atoms with Crippen molar-refractivity contribution in [1.82, 2.24) is 0 Å². The second kappa shape index (κ2) is 6.85. The summed E-state index contributed by atoms with van der Waals surface area (Å²) in [6, 6.07) is 10.2. The minimum absolute atomic E-state index is 0.195. The van der Waals surface area contributed by atoms with Crippen LogP contribution in [0.4, 0.5) is 0 Å². The number of methoxy groups -OCH3 is 4. The molecule has 0 aromatic heterocycles. The van der Waals surface area contributed by atoms with E-state index in [-0.39, 0.29) is 5.78 Å². The molecule has 0 atom stereocenters. The largest absolute Gasteiger partial charge is 0.497 e. The van der Waals surface area contributed by atoms with Gasteiger partial charge in [-0.05, 0) is 24.3 Å². The van der Waals surface area contributed by atoms with E-state index in [9.17, 15) is 4.79 Å². The third kappa shape index (κ3) is 2.98. The first kappa shape index (κ1) is 15.7. The molecule has 5 heteroatoms. The highest BCUT2D eigenvalue weighted by Crippen LogP contribution is 2.35. The molecule has 0 fully saturated rings. The van der Waals surface area contributed by atoms with Gasteiger partial charge in [-0.3, -0.25) is 4.79 Å². The van der Waals surface area contributed by atoms with Crippen LogP contribution in [-0.4, -0.2) is 34.2 Å². The molecule has 0 aliphatic heterocycles. The van der Waals surface area contributed by atoms with Crippen molar-refractivity contribution in [1.29, 1.82) is 0 Å². The zero-order chi connectivity index (χ0) is 16.1. The van der Waals surface area contributed by atoms with Crippen molar-refractivity contribution in [2.24, 2.45) is 0 Å². The van der Waals surface area contributed by atoms with Crippen LogP contribution in [0.15, 0.2) is 36.4 Å². The van der Waals surface area contributed by atoms with E-state index in [1.165, 1.54) is 14.2 Å². The molecule has 2 aromatic rings. The molecule has 5 nitrogen and oxygen atoms in total. The lowest BCUT2D eigenvalue weighted by Crippen LogP contribution is -2.07. The third-order valence-corrected chi connectivity index (χ3v) is 3.29. The van der Waals surface area contributed by atoms with Crippen LogP contribution in [-0.2, 0) is 0 Å². The molecule has 22 heavy (non-hydrogen) atoms. The van der Waals surface area contributed by atoms with Crippen molar-refractivity contribution in [3.63, 3.8) is 0 Å². The van der Waals surface area contributed by atoms with E-state index in [1.54, 1.807) is 50.6 Å². The smallest absolute Gasteiger partial charge is 0.200 e. The van der Waals surface area contributed by atoms with E-state index < -0.39 is 0 Å². The van der Waals surface area contributed by atoms with Crippen molar-refractivity contribution >= 4 is 5.78 Å². The van der Waals surface area contributed by atoms with E-state index >= 15 is 0 Å². The normalized spacial score (nSPS) is 10.0. The number of ether oxygens (including phenoxy) is 4. The molecular formula is C17H18O5. The molecule has 0 saturated heterocycles. The summed E-state index contributed by atoms with van der Waals surface area (Å²) in [4.78, 5) is 12.8. The molecular weight excluding hydrogens is 284 g/mol. The molecule has 0 bridgehead atoms. The maximum absolute atomic E-state index is 12.8. The van der Waals surface area contributed by atoms with Crippen LogP contribution in [0, 0.1) is 0 Å². The van der Waals surface area contributed by atoms with E-state index in [0.717, 1.165) is 0 Å². The second-order valence-corrected chi connectivity index (χ2v) is 4.46. The SMILES string of the molecule is COc1ccc(C(=O)c2c(OC)cc(OC)cc2OC)cc1. The lowest BCUT2D eigenvalue weighted by molar-refractivity contribution is 0.103. The Kier molecular flexibility index (Phi) is 4.88. The number of hydrogen-bond acceptors (Lipinski definition) is 5. The molecule has 0 aliphatic rings. The number of rotatable bonds is 6. The average molecular weight is 302 g/mol. The van der Waals surface area contributed by atoms with Gasteiger partial charge in [-0.1, -0.05) is 0 Å². The Morgan fingerprint density at radius 1 is 0.727 bits per heavy atom. The Morgan fingerprint density at radius 2 is 1.23 bits per heavy atom.